The number of aromatic amines is 1. The largest absolute Gasteiger partial charge is 0.497 e. The van der Waals surface area contributed by atoms with Crippen LogP contribution in [0.5, 0.6) is 5.75 Å². The molecule has 0 aliphatic carbocycles. The van der Waals surface area contributed by atoms with Gasteiger partial charge in [0.1, 0.15) is 5.75 Å². The van der Waals surface area contributed by atoms with Crippen LogP contribution >= 0.6 is 0 Å². The van der Waals surface area contributed by atoms with Crippen LogP contribution in [0.25, 0.3) is 16.6 Å². The topological polar surface area (TPSA) is 67.0 Å². The van der Waals surface area contributed by atoms with Crippen LogP contribution in [0.1, 0.15) is 21.6 Å². The van der Waals surface area contributed by atoms with Crippen molar-refractivity contribution in [3.8, 4) is 5.75 Å². The van der Waals surface area contributed by atoms with Gasteiger partial charge in [0.15, 0.2) is 5.78 Å². The molecule has 1 aliphatic heterocycles. The second kappa shape index (κ2) is 5.85. The van der Waals surface area contributed by atoms with E-state index >= 15 is 0 Å². The molecule has 0 amide bonds. The summed E-state index contributed by atoms with van der Waals surface area (Å²) >= 11 is 0. The van der Waals surface area contributed by atoms with E-state index in [1.54, 1.807) is 37.7 Å². The van der Waals surface area contributed by atoms with Crippen LogP contribution in [0.3, 0.4) is 0 Å². The second-order valence-electron chi connectivity index (χ2n) is 5.73. The molecular formula is C19H17N3O2. The highest BCUT2D eigenvalue weighted by atomic mass is 16.5. The maximum Gasteiger partial charge on any atom is 0.189 e. The Balaban J connectivity index is 1.79. The fraction of sp³-hybridized carbons (Fsp3) is 0.158. The molecule has 0 atom stereocenters. The first-order valence-electron chi connectivity index (χ1n) is 7.85. The molecule has 0 fully saturated rings. The molecule has 0 spiro atoms. The van der Waals surface area contributed by atoms with E-state index in [2.05, 4.69) is 15.3 Å². The molecular weight excluding hydrogens is 302 g/mol. The Kier molecular flexibility index (Phi) is 3.54. The smallest absolute Gasteiger partial charge is 0.189 e. The molecule has 1 aliphatic rings. The van der Waals surface area contributed by atoms with E-state index < -0.39 is 0 Å². The molecule has 2 aromatic heterocycles. The number of fused-ring (bicyclic) bond motifs is 3. The minimum absolute atomic E-state index is 0.0605. The first-order valence-corrected chi connectivity index (χ1v) is 7.85. The summed E-state index contributed by atoms with van der Waals surface area (Å²) in [5.74, 6) is 0.773. The fourth-order valence-electron chi connectivity index (χ4n) is 3.10. The molecule has 3 heterocycles. The molecule has 120 valence electrons. The lowest BCUT2D eigenvalue weighted by atomic mass is 10.0. The van der Waals surface area contributed by atoms with Gasteiger partial charge in [0.05, 0.1) is 18.5 Å². The van der Waals surface area contributed by atoms with Gasteiger partial charge in [-0.05, 0) is 42.3 Å². The van der Waals surface area contributed by atoms with Crippen LogP contribution in [0.15, 0.2) is 48.8 Å². The molecule has 4 rings (SSSR count). The summed E-state index contributed by atoms with van der Waals surface area (Å²) in [6, 6.07) is 9.51. The van der Waals surface area contributed by atoms with Gasteiger partial charge >= 0.3 is 0 Å². The zero-order chi connectivity index (χ0) is 16.5. The van der Waals surface area contributed by atoms with E-state index in [1.165, 1.54) is 5.56 Å². The molecule has 3 aromatic rings. The number of aromatic nitrogens is 2. The first-order chi connectivity index (χ1) is 11.8. The summed E-state index contributed by atoms with van der Waals surface area (Å²) in [4.78, 5) is 19.9. The summed E-state index contributed by atoms with van der Waals surface area (Å²) in [5, 5.41) is 4.47. The van der Waals surface area contributed by atoms with Gasteiger partial charge in [0.2, 0.25) is 0 Å². The van der Waals surface area contributed by atoms with E-state index in [0.29, 0.717) is 5.56 Å². The predicted octanol–water partition coefficient (Wildman–Crippen LogP) is 2.94. The third kappa shape index (κ3) is 2.44. The van der Waals surface area contributed by atoms with Gasteiger partial charge < -0.3 is 15.0 Å². The van der Waals surface area contributed by atoms with Crippen molar-refractivity contribution < 1.29 is 9.53 Å². The highest BCUT2D eigenvalue weighted by Crippen LogP contribution is 2.32. The van der Waals surface area contributed by atoms with Crippen LogP contribution in [-0.2, 0) is 6.42 Å². The van der Waals surface area contributed by atoms with Crippen LogP contribution in [-0.4, -0.2) is 29.4 Å². The van der Waals surface area contributed by atoms with E-state index in [9.17, 15) is 4.79 Å². The fourth-order valence-corrected chi connectivity index (χ4v) is 3.10. The average molecular weight is 319 g/mol. The van der Waals surface area contributed by atoms with Gasteiger partial charge in [-0.2, -0.15) is 0 Å². The number of ketones is 1. The number of pyridine rings is 1. The van der Waals surface area contributed by atoms with Crippen LogP contribution in [0.4, 0.5) is 0 Å². The number of benzene rings is 1. The number of hydrogen-bond acceptors (Lipinski definition) is 4. The third-order valence-electron chi connectivity index (χ3n) is 4.29. The number of carbonyl (C=O) groups excluding carboxylic acids is 1. The van der Waals surface area contributed by atoms with Crippen molar-refractivity contribution in [2.45, 2.75) is 6.42 Å². The number of methoxy groups -OCH3 is 1. The highest BCUT2D eigenvalue weighted by Gasteiger charge is 2.20. The quantitative estimate of drug-likeness (QED) is 0.575. The summed E-state index contributed by atoms with van der Waals surface area (Å²) < 4.78 is 5.33. The Bertz CT molecular complexity index is 942. The Morgan fingerprint density at radius 1 is 1.33 bits per heavy atom. The lowest BCUT2D eigenvalue weighted by Gasteiger charge is -2.17. The molecule has 0 bridgehead atoms. The van der Waals surface area contributed by atoms with Crippen molar-refractivity contribution in [2.24, 2.45) is 0 Å². The standard InChI is InChI=1S/C19H17N3O2/c1-24-13-4-5-16-15(9-13)14-6-8-21-17(19(14)22-16)10-18(23)12-3-2-7-20-11-12/h2-5,7,9-11,21-22H,6,8H2,1H3/b17-10-. The zero-order valence-electron chi connectivity index (χ0n) is 13.3. The summed E-state index contributed by atoms with van der Waals surface area (Å²) in [7, 11) is 1.67. The number of rotatable bonds is 3. The van der Waals surface area contributed by atoms with E-state index in [4.69, 9.17) is 4.74 Å². The van der Waals surface area contributed by atoms with Crippen LogP contribution in [0, 0.1) is 0 Å². The summed E-state index contributed by atoms with van der Waals surface area (Å²) in [5.41, 5.74) is 4.64. The number of ether oxygens (including phenoxy) is 1. The maximum atomic E-state index is 12.4. The van der Waals surface area contributed by atoms with Crippen LogP contribution in [0.2, 0.25) is 0 Å². The number of nitrogens with zero attached hydrogens (tertiary/aromatic N) is 1. The van der Waals surface area contributed by atoms with Gasteiger partial charge in [-0.25, -0.2) is 0 Å². The van der Waals surface area contributed by atoms with Crippen molar-refractivity contribution in [3.63, 3.8) is 0 Å². The number of H-pyrrole nitrogens is 1. The molecule has 0 saturated heterocycles. The molecule has 0 unspecified atom stereocenters. The minimum Gasteiger partial charge on any atom is -0.497 e. The Morgan fingerprint density at radius 2 is 2.25 bits per heavy atom. The Labute approximate surface area is 139 Å². The molecule has 5 heteroatoms. The molecule has 0 radical (unpaired) electrons. The summed E-state index contributed by atoms with van der Waals surface area (Å²) in [6.45, 7) is 0.795. The molecule has 2 N–H and O–H groups in total. The van der Waals surface area contributed by atoms with Crippen molar-refractivity contribution in [2.75, 3.05) is 13.7 Å². The average Bonchev–Trinajstić information content (AvgIpc) is 3.01. The highest BCUT2D eigenvalue weighted by molar-refractivity contribution is 6.08. The van der Waals surface area contributed by atoms with Crippen molar-refractivity contribution in [1.82, 2.24) is 15.3 Å². The summed E-state index contributed by atoms with van der Waals surface area (Å²) in [6.07, 6.45) is 5.79. The minimum atomic E-state index is -0.0605. The van der Waals surface area contributed by atoms with Gasteiger partial charge in [0, 0.05) is 41.5 Å². The normalized spacial score (nSPS) is 15.1. The predicted molar refractivity (Wildman–Crippen MR) is 93.1 cm³/mol. The molecule has 24 heavy (non-hydrogen) atoms. The number of hydrogen-bond donors (Lipinski definition) is 2. The van der Waals surface area contributed by atoms with Crippen molar-refractivity contribution >= 4 is 22.4 Å². The van der Waals surface area contributed by atoms with Gasteiger partial charge in [-0.1, -0.05) is 0 Å². The van der Waals surface area contributed by atoms with E-state index in [-0.39, 0.29) is 5.78 Å². The Hall–Kier alpha value is -3.08. The first kappa shape index (κ1) is 14.5. The van der Waals surface area contributed by atoms with Gasteiger partial charge in [-0.3, -0.25) is 9.78 Å². The number of nitrogens with one attached hydrogen (secondary N) is 2. The van der Waals surface area contributed by atoms with E-state index in [1.807, 2.05) is 18.2 Å². The lowest BCUT2D eigenvalue weighted by molar-refractivity contribution is 0.104. The lowest BCUT2D eigenvalue weighted by Crippen LogP contribution is -2.23. The molecule has 1 aromatic carbocycles. The van der Waals surface area contributed by atoms with Crippen molar-refractivity contribution in [1.29, 1.82) is 0 Å². The number of carbonyl (C=O) groups is 1. The molecule has 5 nitrogen and oxygen atoms in total. The Morgan fingerprint density at radius 3 is 3.04 bits per heavy atom. The van der Waals surface area contributed by atoms with Gasteiger partial charge in [-0.15, -0.1) is 0 Å². The SMILES string of the molecule is COc1ccc2[nH]c3c(c2c1)CCN/C3=C\C(=O)c1cccnc1. The monoisotopic (exact) mass is 319 g/mol. The zero-order valence-corrected chi connectivity index (χ0v) is 13.3. The van der Waals surface area contributed by atoms with Crippen molar-refractivity contribution in [3.05, 3.63) is 65.6 Å². The number of allylic oxidation sites excluding steroid dienone is 1. The second-order valence-corrected chi connectivity index (χ2v) is 5.73. The van der Waals surface area contributed by atoms with E-state index in [0.717, 1.165) is 41.0 Å². The van der Waals surface area contributed by atoms with Gasteiger partial charge in [0.25, 0.3) is 0 Å². The third-order valence-corrected chi connectivity index (χ3v) is 4.29. The maximum absolute atomic E-state index is 12.4. The molecule has 0 saturated carbocycles. The van der Waals surface area contributed by atoms with Crippen LogP contribution < -0.4 is 10.1 Å².